The van der Waals surface area contributed by atoms with Crippen LogP contribution in [-0.2, 0) is 9.59 Å². The smallest absolute Gasteiger partial charge is 0.323 e. The zero-order chi connectivity index (χ0) is 18.2. The maximum atomic E-state index is 13.1. The van der Waals surface area contributed by atoms with Crippen LogP contribution in [0.4, 0.5) is 14.9 Å². The van der Waals surface area contributed by atoms with E-state index in [2.05, 4.69) is 10.6 Å². The number of hydrogen-bond acceptors (Lipinski definition) is 3. The van der Waals surface area contributed by atoms with Crippen LogP contribution >= 0.6 is 11.6 Å². The van der Waals surface area contributed by atoms with Gasteiger partial charge in [0, 0.05) is 0 Å². The Morgan fingerprint density at radius 3 is 2.88 bits per heavy atom. The van der Waals surface area contributed by atoms with E-state index in [1.54, 1.807) is 0 Å². The summed E-state index contributed by atoms with van der Waals surface area (Å²) in [6, 6.07) is 3.00. The molecule has 0 aromatic heterocycles. The molecule has 2 atom stereocenters. The van der Waals surface area contributed by atoms with Crippen molar-refractivity contribution in [2.45, 2.75) is 38.1 Å². The van der Waals surface area contributed by atoms with Crippen LogP contribution in [0.2, 0.25) is 5.02 Å². The van der Waals surface area contributed by atoms with Crippen molar-refractivity contribution in [3.05, 3.63) is 29.0 Å². The van der Waals surface area contributed by atoms with E-state index in [9.17, 15) is 18.8 Å². The number of nitrogens with zero attached hydrogens (tertiary/aromatic N) is 1. The molecule has 1 aromatic carbocycles. The van der Waals surface area contributed by atoms with Crippen LogP contribution in [0.1, 0.15) is 32.6 Å². The number of rotatable bonds is 3. The van der Waals surface area contributed by atoms with Crippen molar-refractivity contribution in [3.8, 4) is 0 Å². The molecule has 1 aromatic rings. The highest BCUT2D eigenvalue weighted by Crippen LogP contribution is 2.38. The summed E-state index contributed by atoms with van der Waals surface area (Å²) < 4.78 is 13.1. The standard InChI is InChI=1S/C17H19ClFN3O3/c1-10-4-2-3-7-17(10)15(24)22(16(25)21-17)9-14(23)20-13-6-5-11(19)8-12(13)18/h5-6,8,10H,2-4,7,9H2,1H3,(H,20,23)(H,21,25)/t10-,17+/m1/s1. The van der Waals surface area contributed by atoms with Gasteiger partial charge in [-0.05, 0) is 37.0 Å². The van der Waals surface area contributed by atoms with Crippen LogP contribution in [0, 0.1) is 11.7 Å². The summed E-state index contributed by atoms with van der Waals surface area (Å²) in [7, 11) is 0. The highest BCUT2D eigenvalue weighted by molar-refractivity contribution is 6.33. The molecule has 3 rings (SSSR count). The summed E-state index contributed by atoms with van der Waals surface area (Å²) in [6.45, 7) is 1.53. The molecule has 4 amide bonds. The monoisotopic (exact) mass is 367 g/mol. The second-order valence-corrected chi connectivity index (χ2v) is 7.02. The SMILES string of the molecule is C[C@@H]1CCCC[C@]12NC(=O)N(CC(=O)Nc1ccc(F)cc1Cl)C2=O. The van der Waals surface area contributed by atoms with Gasteiger partial charge in [0.25, 0.3) is 5.91 Å². The number of urea groups is 1. The number of carbonyl (C=O) groups is 3. The average molecular weight is 368 g/mol. The molecule has 1 aliphatic carbocycles. The molecule has 0 bridgehead atoms. The summed E-state index contributed by atoms with van der Waals surface area (Å²) >= 11 is 5.87. The third kappa shape index (κ3) is 3.20. The molecule has 2 aliphatic rings. The number of amides is 4. The van der Waals surface area contributed by atoms with Crippen molar-refractivity contribution in [3.63, 3.8) is 0 Å². The number of halogens is 2. The molecule has 0 unspecified atom stereocenters. The predicted molar refractivity (Wildman–Crippen MR) is 90.6 cm³/mol. The molecule has 25 heavy (non-hydrogen) atoms. The van der Waals surface area contributed by atoms with Gasteiger partial charge in [0.05, 0.1) is 10.7 Å². The van der Waals surface area contributed by atoms with E-state index < -0.39 is 29.8 Å². The van der Waals surface area contributed by atoms with Gasteiger partial charge in [-0.25, -0.2) is 9.18 Å². The van der Waals surface area contributed by atoms with Gasteiger partial charge in [-0.2, -0.15) is 0 Å². The first-order valence-electron chi connectivity index (χ1n) is 8.22. The molecule has 1 spiro atoms. The molecule has 8 heteroatoms. The molecular weight excluding hydrogens is 349 g/mol. The van der Waals surface area contributed by atoms with Gasteiger partial charge in [0.15, 0.2) is 0 Å². The van der Waals surface area contributed by atoms with E-state index in [0.29, 0.717) is 6.42 Å². The van der Waals surface area contributed by atoms with Crippen molar-refractivity contribution >= 4 is 35.1 Å². The van der Waals surface area contributed by atoms with Gasteiger partial charge in [0.1, 0.15) is 17.9 Å². The molecule has 2 fully saturated rings. The topological polar surface area (TPSA) is 78.5 Å². The molecule has 1 saturated carbocycles. The lowest BCUT2D eigenvalue weighted by atomic mass is 9.73. The maximum Gasteiger partial charge on any atom is 0.325 e. The lowest BCUT2D eigenvalue weighted by Crippen LogP contribution is -2.54. The number of benzene rings is 1. The fourth-order valence-electron chi connectivity index (χ4n) is 3.56. The summed E-state index contributed by atoms with van der Waals surface area (Å²) in [6.07, 6.45) is 3.33. The Hall–Kier alpha value is -2.15. The number of imide groups is 1. The first-order chi connectivity index (χ1) is 11.8. The zero-order valence-electron chi connectivity index (χ0n) is 13.8. The van der Waals surface area contributed by atoms with Crippen LogP contribution in [0.25, 0.3) is 0 Å². The number of anilines is 1. The van der Waals surface area contributed by atoms with Crippen LogP contribution < -0.4 is 10.6 Å². The normalized spacial score (nSPS) is 26.0. The van der Waals surface area contributed by atoms with Crippen LogP contribution in [0.3, 0.4) is 0 Å². The molecule has 1 saturated heterocycles. The van der Waals surface area contributed by atoms with Gasteiger partial charge in [-0.1, -0.05) is 31.4 Å². The quantitative estimate of drug-likeness (QED) is 0.806. The number of hydrogen-bond donors (Lipinski definition) is 2. The lowest BCUT2D eigenvalue weighted by Gasteiger charge is -2.36. The Kier molecular flexibility index (Phi) is 4.69. The van der Waals surface area contributed by atoms with E-state index in [1.807, 2.05) is 6.92 Å². The zero-order valence-corrected chi connectivity index (χ0v) is 14.5. The Morgan fingerprint density at radius 2 is 2.20 bits per heavy atom. The van der Waals surface area contributed by atoms with Gasteiger partial charge < -0.3 is 10.6 Å². The number of nitrogens with one attached hydrogen (secondary N) is 2. The average Bonchev–Trinajstić information content (AvgIpc) is 2.78. The van der Waals surface area contributed by atoms with E-state index in [1.165, 1.54) is 6.07 Å². The van der Waals surface area contributed by atoms with Crippen molar-refractivity contribution < 1.29 is 18.8 Å². The predicted octanol–water partition coefficient (Wildman–Crippen LogP) is 2.92. The molecule has 2 N–H and O–H groups in total. The summed E-state index contributed by atoms with van der Waals surface area (Å²) in [5.74, 6) is -1.43. The summed E-state index contributed by atoms with van der Waals surface area (Å²) in [5.41, 5.74) is -0.677. The maximum absolute atomic E-state index is 13.1. The van der Waals surface area contributed by atoms with E-state index >= 15 is 0 Å². The van der Waals surface area contributed by atoms with Gasteiger partial charge in [-0.15, -0.1) is 0 Å². The second kappa shape index (κ2) is 6.63. The second-order valence-electron chi connectivity index (χ2n) is 6.61. The largest absolute Gasteiger partial charge is 0.325 e. The Balaban J connectivity index is 1.71. The van der Waals surface area contributed by atoms with E-state index in [4.69, 9.17) is 11.6 Å². The molecule has 6 nitrogen and oxygen atoms in total. The third-order valence-corrected chi connectivity index (χ3v) is 5.32. The Bertz CT molecular complexity index is 742. The minimum absolute atomic E-state index is 0.0253. The van der Waals surface area contributed by atoms with Gasteiger partial charge in [0.2, 0.25) is 5.91 Å². The fourth-order valence-corrected chi connectivity index (χ4v) is 3.78. The van der Waals surface area contributed by atoms with Crippen LogP contribution in [-0.4, -0.2) is 34.8 Å². The highest BCUT2D eigenvalue weighted by atomic mass is 35.5. The Labute approximate surface area is 149 Å². The van der Waals surface area contributed by atoms with Crippen molar-refractivity contribution in [1.82, 2.24) is 10.2 Å². The minimum atomic E-state index is -0.900. The van der Waals surface area contributed by atoms with Crippen LogP contribution in [0.15, 0.2) is 18.2 Å². The van der Waals surface area contributed by atoms with Crippen molar-refractivity contribution in [1.29, 1.82) is 0 Å². The van der Waals surface area contributed by atoms with Crippen molar-refractivity contribution in [2.75, 3.05) is 11.9 Å². The van der Waals surface area contributed by atoms with E-state index in [0.717, 1.165) is 36.3 Å². The summed E-state index contributed by atoms with van der Waals surface area (Å²) in [4.78, 5) is 38.2. The Morgan fingerprint density at radius 1 is 1.44 bits per heavy atom. The molecule has 134 valence electrons. The third-order valence-electron chi connectivity index (χ3n) is 5.01. The first-order valence-corrected chi connectivity index (χ1v) is 8.60. The van der Waals surface area contributed by atoms with Gasteiger partial charge in [-0.3, -0.25) is 14.5 Å². The molecule has 0 radical (unpaired) electrons. The molecule has 1 aliphatic heterocycles. The van der Waals surface area contributed by atoms with Crippen LogP contribution in [0.5, 0.6) is 0 Å². The first kappa shape index (κ1) is 17.7. The van der Waals surface area contributed by atoms with Gasteiger partial charge >= 0.3 is 6.03 Å². The van der Waals surface area contributed by atoms with Crippen molar-refractivity contribution in [2.24, 2.45) is 5.92 Å². The summed E-state index contributed by atoms with van der Waals surface area (Å²) in [5, 5.41) is 5.33. The molecule has 1 heterocycles. The highest BCUT2D eigenvalue weighted by Gasteiger charge is 2.55. The lowest BCUT2D eigenvalue weighted by molar-refractivity contribution is -0.136. The number of carbonyl (C=O) groups excluding carboxylic acids is 3. The molecular formula is C17H19ClFN3O3. The fraction of sp³-hybridized carbons (Fsp3) is 0.471. The van der Waals surface area contributed by atoms with E-state index in [-0.39, 0.29) is 22.5 Å². The minimum Gasteiger partial charge on any atom is -0.323 e.